The maximum absolute atomic E-state index is 11.3. The molecule has 1 N–H and O–H groups in total. The predicted molar refractivity (Wildman–Crippen MR) is 77.7 cm³/mol. The summed E-state index contributed by atoms with van der Waals surface area (Å²) in [5.74, 6) is 0.542. The Balaban J connectivity index is 4.44. The van der Waals surface area contributed by atoms with E-state index in [0.29, 0.717) is 11.8 Å². The molecule has 0 aliphatic heterocycles. The van der Waals surface area contributed by atoms with Crippen LogP contribution in [0.2, 0.25) is 0 Å². The SMILES string of the molecule is CCCCC(CC(CCC)C(C)CCC)C(=O)O. The zero-order valence-corrected chi connectivity index (χ0v) is 12.7. The van der Waals surface area contributed by atoms with Gasteiger partial charge in [-0.05, 0) is 24.7 Å². The lowest BCUT2D eigenvalue weighted by Crippen LogP contribution is -2.22. The van der Waals surface area contributed by atoms with Crippen molar-refractivity contribution in [3.8, 4) is 0 Å². The Labute approximate surface area is 113 Å². The third-order valence-electron chi connectivity index (χ3n) is 4.05. The maximum Gasteiger partial charge on any atom is 0.306 e. The van der Waals surface area contributed by atoms with Crippen LogP contribution in [0, 0.1) is 17.8 Å². The lowest BCUT2D eigenvalue weighted by molar-refractivity contribution is -0.142. The fourth-order valence-corrected chi connectivity index (χ4v) is 2.85. The summed E-state index contributed by atoms with van der Waals surface area (Å²) in [7, 11) is 0. The highest BCUT2D eigenvalue weighted by Crippen LogP contribution is 2.30. The Hall–Kier alpha value is -0.530. The van der Waals surface area contributed by atoms with Crippen LogP contribution in [0.25, 0.3) is 0 Å². The van der Waals surface area contributed by atoms with E-state index >= 15 is 0 Å². The van der Waals surface area contributed by atoms with Gasteiger partial charge in [-0.25, -0.2) is 0 Å². The van der Waals surface area contributed by atoms with E-state index in [-0.39, 0.29) is 5.92 Å². The molecule has 18 heavy (non-hydrogen) atoms. The average molecular weight is 256 g/mol. The van der Waals surface area contributed by atoms with Crippen LogP contribution in [0.15, 0.2) is 0 Å². The molecule has 108 valence electrons. The molecule has 0 rings (SSSR count). The molecule has 2 heteroatoms. The summed E-state index contributed by atoms with van der Waals surface area (Å²) in [6, 6.07) is 0. The Morgan fingerprint density at radius 1 is 1.00 bits per heavy atom. The minimum Gasteiger partial charge on any atom is -0.481 e. The summed E-state index contributed by atoms with van der Waals surface area (Å²) < 4.78 is 0. The van der Waals surface area contributed by atoms with Crippen LogP contribution >= 0.6 is 0 Å². The molecule has 0 spiro atoms. The molecule has 0 fully saturated rings. The minimum atomic E-state index is -0.590. The normalized spacial score (nSPS) is 16.2. The van der Waals surface area contributed by atoms with Gasteiger partial charge >= 0.3 is 5.97 Å². The van der Waals surface area contributed by atoms with E-state index in [0.717, 1.165) is 25.7 Å². The van der Waals surface area contributed by atoms with Gasteiger partial charge in [0.1, 0.15) is 0 Å². The summed E-state index contributed by atoms with van der Waals surface area (Å²) in [4.78, 5) is 11.3. The van der Waals surface area contributed by atoms with Crippen LogP contribution in [0.5, 0.6) is 0 Å². The molecule has 0 aromatic carbocycles. The van der Waals surface area contributed by atoms with Gasteiger partial charge in [-0.15, -0.1) is 0 Å². The molecule has 0 aromatic heterocycles. The number of hydrogen-bond acceptors (Lipinski definition) is 1. The zero-order chi connectivity index (χ0) is 14.0. The van der Waals surface area contributed by atoms with Gasteiger partial charge in [0, 0.05) is 0 Å². The van der Waals surface area contributed by atoms with Gasteiger partial charge < -0.3 is 5.11 Å². The van der Waals surface area contributed by atoms with Crippen LogP contribution in [-0.2, 0) is 4.79 Å². The number of carboxylic acid groups (broad SMARTS) is 1. The van der Waals surface area contributed by atoms with E-state index in [1.54, 1.807) is 0 Å². The van der Waals surface area contributed by atoms with E-state index in [2.05, 4.69) is 27.7 Å². The number of hydrogen-bond donors (Lipinski definition) is 1. The standard InChI is InChI=1S/C16H32O2/c1-5-8-11-15(16(17)18)12-14(10-7-3)13(4)9-6-2/h13-15H,5-12H2,1-4H3,(H,17,18). The first kappa shape index (κ1) is 17.5. The molecule has 3 unspecified atom stereocenters. The summed E-state index contributed by atoms with van der Waals surface area (Å²) in [5, 5.41) is 9.33. The summed E-state index contributed by atoms with van der Waals surface area (Å²) in [5.41, 5.74) is 0. The molecule has 2 nitrogen and oxygen atoms in total. The third-order valence-corrected chi connectivity index (χ3v) is 4.05. The molecule has 0 bridgehead atoms. The van der Waals surface area contributed by atoms with Crippen molar-refractivity contribution >= 4 is 5.97 Å². The van der Waals surface area contributed by atoms with Crippen molar-refractivity contribution in [1.82, 2.24) is 0 Å². The van der Waals surface area contributed by atoms with Gasteiger partial charge in [0.05, 0.1) is 5.92 Å². The Morgan fingerprint density at radius 2 is 1.61 bits per heavy atom. The highest BCUT2D eigenvalue weighted by atomic mass is 16.4. The lowest BCUT2D eigenvalue weighted by Gasteiger charge is -2.26. The number of carbonyl (C=O) groups is 1. The highest BCUT2D eigenvalue weighted by Gasteiger charge is 2.24. The second kappa shape index (κ2) is 10.4. The van der Waals surface area contributed by atoms with Crippen LogP contribution in [0.4, 0.5) is 0 Å². The molecule has 0 radical (unpaired) electrons. The molecular weight excluding hydrogens is 224 g/mol. The monoisotopic (exact) mass is 256 g/mol. The summed E-state index contributed by atoms with van der Waals surface area (Å²) in [6.45, 7) is 8.84. The zero-order valence-electron chi connectivity index (χ0n) is 12.7. The average Bonchev–Trinajstić information content (AvgIpc) is 2.32. The smallest absolute Gasteiger partial charge is 0.306 e. The fourth-order valence-electron chi connectivity index (χ4n) is 2.85. The maximum atomic E-state index is 11.3. The summed E-state index contributed by atoms with van der Waals surface area (Å²) >= 11 is 0. The van der Waals surface area contributed by atoms with Crippen molar-refractivity contribution in [3.05, 3.63) is 0 Å². The van der Waals surface area contributed by atoms with Crippen molar-refractivity contribution in [2.45, 2.75) is 79.1 Å². The first-order valence-electron chi connectivity index (χ1n) is 7.79. The van der Waals surface area contributed by atoms with Crippen molar-refractivity contribution in [2.24, 2.45) is 17.8 Å². The number of rotatable bonds is 11. The molecular formula is C16H32O2. The largest absolute Gasteiger partial charge is 0.481 e. The van der Waals surface area contributed by atoms with Gasteiger partial charge in [0.15, 0.2) is 0 Å². The third kappa shape index (κ3) is 7.03. The second-order valence-electron chi connectivity index (χ2n) is 5.73. The van der Waals surface area contributed by atoms with E-state index in [9.17, 15) is 9.90 Å². The second-order valence-corrected chi connectivity index (χ2v) is 5.73. The highest BCUT2D eigenvalue weighted by molar-refractivity contribution is 5.69. The van der Waals surface area contributed by atoms with Crippen LogP contribution in [-0.4, -0.2) is 11.1 Å². The Bertz CT molecular complexity index is 213. The molecule has 0 saturated heterocycles. The topological polar surface area (TPSA) is 37.3 Å². The van der Waals surface area contributed by atoms with E-state index < -0.39 is 5.97 Å². The van der Waals surface area contributed by atoms with Gasteiger partial charge in [-0.1, -0.05) is 66.2 Å². The van der Waals surface area contributed by atoms with Crippen molar-refractivity contribution in [2.75, 3.05) is 0 Å². The number of carboxylic acids is 1. The molecule has 0 aromatic rings. The fraction of sp³-hybridized carbons (Fsp3) is 0.938. The Kier molecular flexibility index (Phi) is 10.1. The van der Waals surface area contributed by atoms with Gasteiger partial charge in [-0.2, -0.15) is 0 Å². The van der Waals surface area contributed by atoms with Crippen LogP contribution in [0.1, 0.15) is 79.1 Å². The van der Waals surface area contributed by atoms with Gasteiger partial charge in [-0.3, -0.25) is 4.79 Å². The van der Waals surface area contributed by atoms with Crippen molar-refractivity contribution in [3.63, 3.8) is 0 Å². The van der Waals surface area contributed by atoms with Crippen molar-refractivity contribution in [1.29, 1.82) is 0 Å². The quantitative estimate of drug-likeness (QED) is 0.557. The minimum absolute atomic E-state index is 0.124. The van der Waals surface area contributed by atoms with E-state index in [4.69, 9.17) is 0 Å². The number of aliphatic carboxylic acids is 1. The van der Waals surface area contributed by atoms with Gasteiger partial charge in [0.25, 0.3) is 0 Å². The van der Waals surface area contributed by atoms with E-state index in [1.165, 1.54) is 25.7 Å². The first-order chi connectivity index (χ1) is 8.56. The first-order valence-corrected chi connectivity index (χ1v) is 7.79. The van der Waals surface area contributed by atoms with E-state index in [1.807, 2.05) is 0 Å². The van der Waals surface area contributed by atoms with Gasteiger partial charge in [0.2, 0.25) is 0 Å². The van der Waals surface area contributed by atoms with Crippen molar-refractivity contribution < 1.29 is 9.90 Å². The molecule has 0 heterocycles. The molecule has 0 amide bonds. The summed E-state index contributed by atoms with van der Waals surface area (Å²) in [6.07, 6.45) is 8.63. The van der Waals surface area contributed by atoms with Crippen LogP contribution < -0.4 is 0 Å². The number of unbranched alkanes of at least 4 members (excludes halogenated alkanes) is 1. The molecule has 0 aliphatic carbocycles. The molecule has 0 aliphatic rings. The van der Waals surface area contributed by atoms with Crippen LogP contribution in [0.3, 0.4) is 0 Å². The predicted octanol–water partition coefficient (Wildman–Crippen LogP) is 5.12. The molecule has 3 atom stereocenters. The Morgan fingerprint density at radius 3 is 2.06 bits per heavy atom. The molecule has 0 saturated carbocycles. The lowest BCUT2D eigenvalue weighted by atomic mass is 9.79.